The van der Waals surface area contributed by atoms with E-state index < -0.39 is 17.7 Å². The minimum atomic E-state index is -0.803. The molecule has 1 unspecified atom stereocenters. The average Bonchev–Trinajstić information content (AvgIpc) is 3.18. The first-order valence-corrected chi connectivity index (χ1v) is 12.6. The van der Waals surface area contributed by atoms with Gasteiger partial charge in [0.05, 0.1) is 31.0 Å². The Morgan fingerprint density at radius 2 is 1.68 bits per heavy atom. The summed E-state index contributed by atoms with van der Waals surface area (Å²) in [5, 5.41) is 11.6. The van der Waals surface area contributed by atoms with Crippen molar-refractivity contribution in [2.24, 2.45) is 0 Å². The Labute approximate surface area is 222 Å². The first-order chi connectivity index (χ1) is 18.1. The van der Waals surface area contributed by atoms with Crippen LogP contribution in [0, 0.1) is 0 Å². The number of carbonyl (C=O) groups is 2. The molecule has 2 heterocycles. The molecule has 1 fully saturated rings. The Morgan fingerprint density at radius 3 is 2.32 bits per heavy atom. The van der Waals surface area contributed by atoms with Gasteiger partial charge in [-0.2, -0.15) is 0 Å². The third-order valence-corrected chi connectivity index (χ3v) is 7.22. The lowest BCUT2D eigenvalue weighted by Gasteiger charge is -2.28. The molecule has 0 aliphatic carbocycles. The first-order valence-electron chi connectivity index (χ1n) is 12.6. The van der Waals surface area contributed by atoms with Gasteiger partial charge in [-0.3, -0.25) is 14.5 Å². The molecule has 1 N–H and O–H groups in total. The zero-order valence-corrected chi connectivity index (χ0v) is 22.3. The van der Waals surface area contributed by atoms with Gasteiger partial charge in [0.1, 0.15) is 23.9 Å². The van der Waals surface area contributed by atoms with Crippen LogP contribution >= 0.6 is 0 Å². The summed E-state index contributed by atoms with van der Waals surface area (Å²) in [5.74, 6) is -0.295. The third kappa shape index (κ3) is 4.38. The maximum Gasteiger partial charge on any atom is 0.300 e. The highest BCUT2D eigenvalue weighted by Gasteiger charge is 2.47. The van der Waals surface area contributed by atoms with Gasteiger partial charge in [0, 0.05) is 18.3 Å². The fourth-order valence-electron chi connectivity index (χ4n) is 4.98. The van der Waals surface area contributed by atoms with Crippen molar-refractivity contribution in [2.75, 3.05) is 37.1 Å². The van der Waals surface area contributed by atoms with Crippen molar-refractivity contribution in [1.82, 2.24) is 0 Å². The number of benzene rings is 3. The molecule has 38 heavy (non-hydrogen) atoms. The molecule has 7 nitrogen and oxygen atoms in total. The van der Waals surface area contributed by atoms with Crippen molar-refractivity contribution >= 4 is 28.8 Å². The molecule has 3 aromatic rings. The third-order valence-electron chi connectivity index (χ3n) is 7.22. The molecule has 2 aliphatic rings. The molecule has 0 radical (unpaired) electrons. The molecular formula is C31H32N2O5. The minimum Gasteiger partial charge on any atom is -0.507 e. The Morgan fingerprint density at radius 1 is 1.00 bits per heavy atom. The predicted molar refractivity (Wildman–Crippen MR) is 148 cm³/mol. The van der Waals surface area contributed by atoms with Crippen LogP contribution in [0.25, 0.3) is 5.76 Å². The summed E-state index contributed by atoms with van der Waals surface area (Å²) in [6, 6.07) is 19.3. The van der Waals surface area contributed by atoms with Crippen LogP contribution in [-0.4, -0.2) is 44.1 Å². The van der Waals surface area contributed by atoms with Gasteiger partial charge >= 0.3 is 0 Å². The van der Waals surface area contributed by atoms with Crippen molar-refractivity contribution in [3.8, 4) is 11.5 Å². The Kier molecular flexibility index (Phi) is 6.39. The van der Waals surface area contributed by atoms with Crippen molar-refractivity contribution in [1.29, 1.82) is 0 Å². The smallest absolute Gasteiger partial charge is 0.300 e. The highest BCUT2D eigenvalue weighted by Crippen LogP contribution is 2.44. The summed E-state index contributed by atoms with van der Waals surface area (Å²) in [6.07, 6.45) is 0. The Bertz CT molecular complexity index is 1420. The number of methoxy groups -OCH3 is 1. The molecule has 0 saturated carbocycles. The lowest BCUT2D eigenvalue weighted by molar-refractivity contribution is -0.132. The summed E-state index contributed by atoms with van der Waals surface area (Å²) in [7, 11) is 3.52. The number of fused-ring (bicyclic) bond motifs is 1. The number of hydrogen-bond acceptors (Lipinski definition) is 6. The number of carbonyl (C=O) groups excluding carboxylic acids is 2. The number of aliphatic hydroxyl groups excluding tert-OH is 1. The topological polar surface area (TPSA) is 79.3 Å². The maximum atomic E-state index is 13.5. The van der Waals surface area contributed by atoms with Gasteiger partial charge in [-0.15, -0.1) is 0 Å². The molecule has 1 atom stereocenters. The van der Waals surface area contributed by atoms with E-state index in [1.165, 1.54) is 4.90 Å². The number of amides is 1. The van der Waals surface area contributed by atoms with Crippen LogP contribution in [0.1, 0.15) is 43.5 Å². The number of ketones is 1. The second-order valence-corrected chi connectivity index (χ2v) is 10.7. The highest BCUT2D eigenvalue weighted by atomic mass is 16.5. The summed E-state index contributed by atoms with van der Waals surface area (Å²) in [4.78, 5) is 30.5. The summed E-state index contributed by atoms with van der Waals surface area (Å²) < 4.78 is 11.0. The molecule has 2 aliphatic heterocycles. The van der Waals surface area contributed by atoms with Crippen LogP contribution in [0.15, 0.2) is 72.3 Å². The molecule has 1 saturated heterocycles. The number of ether oxygens (including phenoxy) is 2. The molecule has 7 heteroatoms. The Hall–Kier alpha value is -4.26. The molecular weight excluding hydrogens is 480 g/mol. The van der Waals surface area contributed by atoms with Crippen molar-refractivity contribution in [3.05, 3.63) is 89.0 Å². The largest absolute Gasteiger partial charge is 0.507 e. The second kappa shape index (κ2) is 9.56. The first kappa shape index (κ1) is 25.4. The summed E-state index contributed by atoms with van der Waals surface area (Å²) in [5.41, 5.74) is 3.64. The van der Waals surface area contributed by atoms with Gasteiger partial charge in [0.15, 0.2) is 0 Å². The maximum absolute atomic E-state index is 13.5. The number of Topliss-reactive ketones (excluding diaryl/α,β-unsaturated/α-hetero) is 1. The SMILES string of the molecule is COc1ccc(N2C(=O)C(=O)/C(=C(\O)c3ccc4c(c3)N(C)CCO4)C2c2ccc(C(C)(C)C)cc2)cc1. The molecule has 3 aromatic carbocycles. The summed E-state index contributed by atoms with van der Waals surface area (Å²) in [6.45, 7) is 7.67. The standard InChI is InChI=1S/C31H32N2O5/c1-31(2,3)21-9-6-19(7-10-21)27-26(28(34)20-8-15-25-24(18-20)32(4)16-17-38-25)29(35)30(36)33(27)22-11-13-23(37-5)14-12-22/h6-15,18,27,34H,16-17H2,1-5H3/b28-26-. The Balaban J connectivity index is 1.67. The lowest BCUT2D eigenvalue weighted by Crippen LogP contribution is -2.29. The number of aliphatic hydroxyl groups is 1. The van der Waals surface area contributed by atoms with E-state index in [0.29, 0.717) is 35.9 Å². The van der Waals surface area contributed by atoms with E-state index in [0.717, 1.165) is 16.8 Å². The van der Waals surface area contributed by atoms with Gasteiger partial charge in [0.2, 0.25) is 0 Å². The van der Waals surface area contributed by atoms with Crippen LogP contribution in [0.4, 0.5) is 11.4 Å². The fraction of sp³-hybridized carbons (Fsp3) is 0.290. The van der Waals surface area contributed by atoms with E-state index in [-0.39, 0.29) is 16.7 Å². The number of nitrogens with zero attached hydrogens (tertiary/aromatic N) is 2. The summed E-state index contributed by atoms with van der Waals surface area (Å²) >= 11 is 0. The van der Waals surface area contributed by atoms with E-state index >= 15 is 0 Å². The van der Waals surface area contributed by atoms with Gasteiger partial charge in [-0.05, 0) is 59.0 Å². The van der Waals surface area contributed by atoms with E-state index in [4.69, 9.17) is 9.47 Å². The normalized spacial score (nSPS) is 18.8. The van der Waals surface area contributed by atoms with Crippen LogP contribution in [-0.2, 0) is 15.0 Å². The van der Waals surface area contributed by atoms with Crippen molar-refractivity contribution in [3.63, 3.8) is 0 Å². The molecule has 0 spiro atoms. The molecule has 0 aromatic heterocycles. The molecule has 196 valence electrons. The van der Waals surface area contributed by atoms with Gasteiger partial charge in [-0.1, -0.05) is 45.0 Å². The van der Waals surface area contributed by atoms with E-state index in [1.54, 1.807) is 49.6 Å². The highest BCUT2D eigenvalue weighted by molar-refractivity contribution is 6.51. The monoisotopic (exact) mass is 512 g/mol. The van der Waals surface area contributed by atoms with Crippen LogP contribution in [0.2, 0.25) is 0 Å². The second-order valence-electron chi connectivity index (χ2n) is 10.7. The predicted octanol–water partition coefficient (Wildman–Crippen LogP) is 5.45. The zero-order valence-electron chi connectivity index (χ0n) is 22.3. The zero-order chi connectivity index (χ0) is 27.2. The van der Waals surface area contributed by atoms with Crippen molar-refractivity contribution in [2.45, 2.75) is 32.2 Å². The van der Waals surface area contributed by atoms with Crippen LogP contribution in [0.3, 0.4) is 0 Å². The fourth-order valence-corrected chi connectivity index (χ4v) is 4.98. The molecule has 0 bridgehead atoms. The van der Waals surface area contributed by atoms with Crippen LogP contribution < -0.4 is 19.3 Å². The van der Waals surface area contributed by atoms with Gasteiger partial charge in [0.25, 0.3) is 11.7 Å². The van der Waals surface area contributed by atoms with E-state index in [1.807, 2.05) is 36.2 Å². The van der Waals surface area contributed by atoms with Gasteiger partial charge < -0.3 is 19.5 Å². The molecule has 1 amide bonds. The lowest BCUT2D eigenvalue weighted by atomic mass is 9.85. The number of rotatable bonds is 4. The number of likely N-dealkylation sites (N-methyl/N-ethyl adjacent to an activating group) is 1. The van der Waals surface area contributed by atoms with Crippen molar-refractivity contribution < 1.29 is 24.2 Å². The number of anilines is 2. The van der Waals surface area contributed by atoms with Crippen LogP contribution in [0.5, 0.6) is 11.5 Å². The van der Waals surface area contributed by atoms with E-state index in [2.05, 4.69) is 20.8 Å². The minimum absolute atomic E-state index is 0.0497. The average molecular weight is 513 g/mol. The van der Waals surface area contributed by atoms with Gasteiger partial charge in [-0.25, -0.2) is 0 Å². The quantitative estimate of drug-likeness (QED) is 0.285. The van der Waals surface area contributed by atoms with E-state index in [9.17, 15) is 14.7 Å². The number of hydrogen-bond donors (Lipinski definition) is 1. The molecule has 5 rings (SSSR count).